The molecular formula is C12H18N2O3S. The van der Waals surface area contributed by atoms with Gasteiger partial charge in [0.1, 0.15) is 0 Å². The van der Waals surface area contributed by atoms with Crippen molar-refractivity contribution in [2.24, 2.45) is 0 Å². The van der Waals surface area contributed by atoms with Crippen LogP contribution in [0, 0.1) is 0 Å². The van der Waals surface area contributed by atoms with E-state index in [0.29, 0.717) is 18.7 Å². The van der Waals surface area contributed by atoms with Crippen molar-refractivity contribution < 1.29 is 13.2 Å². The first-order chi connectivity index (χ1) is 8.43. The van der Waals surface area contributed by atoms with Gasteiger partial charge in [0.2, 0.25) is 10.0 Å². The van der Waals surface area contributed by atoms with Crippen LogP contribution in [-0.2, 0) is 10.0 Å². The molecule has 0 atom stereocenters. The summed E-state index contributed by atoms with van der Waals surface area (Å²) in [6.45, 7) is 4.45. The Hall–Kier alpha value is -1.40. The Morgan fingerprint density at radius 1 is 1.33 bits per heavy atom. The summed E-state index contributed by atoms with van der Waals surface area (Å²) in [4.78, 5) is 11.8. The van der Waals surface area contributed by atoms with Crippen LogP contribution in [0.25, 0.3) is 0 Å². The van der Waals surface area contributed by atoms with E-state index < -0.39 is 10.0 Å². The average molecular weight is 270 g/mol. The van der Waals surface area contributed by atoms with Gasteiger partial charge >= 0.3 is 0 Å². The number of nitrogens with zero attached hydrogens (tertiary/aromatic N) is 1. The van der Waals surface area contributed by atoms with Gasteiger partial charge in [-0.15, -0.1) is 0 Å². The van der Waals surface area contributed by atoms with Gasteiger partial charge in [-0.2, -0.15) is 0 Å². The van der Waals surface area contributed by atoms with Gasteiger partial charge in [0, 0.05) is 25.7 Å². The molecule has 0 aliphatic heterocycles. The molecule has 0 unspecified atom stereocenters. The number of carbonyl (C=O) groups excluding carboxylic acids is 1. The molecule has 0 saturated heterocycles. The fraction of sp³-hybridized carbons (Fsp3) is 0.417. The third kappa shape index (κ3) is 3.08. The highest BCUT2D eigenvalue weighted by Crippen LogP contribution is 2.15. The lowest BCUT2D eigenvalue weighted by molar-refractivity contribution is 0.0955. The standard InChI is InChI=1S/C12H18N2O3S/c1-4-13-12(15)10-7-6-8-11(9-10)18(16,17)14(3)5-2/h6-9H,4-5H2,1-3H3,(H,13,15). The van der Waals surface area contributed by atoms with Gasteiger partial charge < -0.3 is 5.32 Å². The van der Waals surface area contributed by atoms with Crippen LogP contribution in [0.1, 0.15) is 24.2 Å². The molecule has 0 aromatic heterocycles. The number of hydrogen-bond acceptors (Lipinski definition) is 3. The minimum absolute atomic E-state index is 0.135. The van der Waals surface area contributed by atoms with Gasteiger partial charge in [0.15, 0.2) is 0 Å². The molecule has 0 heterocycles. The molecule has 0 aliphatic rings. The third-order valence-electron chi connectivity index (χ3n) is 2.59. The predicted molar refractivity (Wildman–Crippen MR) is 69.9 cm³/mol. The van der Waals surface area contributed by atoms with Crippen molar-refractivity contribution in [2.45, 2.75) is 18.7 Å². The molecule has 0 fully saturated rings. The van der Waals surface area contributed by atoms with Crippen molar-refractivity contribution in [1.82, 2.24) is 9.62 Å². The Bertz CT molecular complexity index is 526. The number of rotatable bonds is 5. The van der Waals surface area contributed by atoms with E-state index in [2.05, 4.69) is 5.32 Å². The first-order valence-corrected chi connectivity index (χ1v) is 7.22. The summed E-state index contributed by atoms with van der Waals surface area (Å²) in [5, 5.41) is 2.64. The minimum Gasteiger partial charge on any atom is -0.352 e. The van der Waals surface area contributed by atoms with Crippen LogP contribution in [0.15, 0.2) is 29.2 Å². The Balaban J connectivity index is 3.13. The van der Waals surface area contributed by atoms with Crippen LogP contribution in [0.3, 0.4) is 0 Å². The van der Waals surface area contributed by atoms with E-state index in [9.17, 15) is 13.2 Å². The first kappa shape index (κ1) is 14.7. The molecule has 0 saturated carbocycles. The number of benzene rings is 1. The largest absolute Gasteiger partial charge is 0.352 e. The van der Waals surface area contributed by atoms with E-state index >= 15 is 0 Å². The van der Waals surface area contributed by atoms with Crippen molar-refractivity contribution in [3.63, 3.8) is 0 Å². The van der Waals surface area contributed by atoms with E-state index in [1.54, 1.807) is 19.1 Å². The molecule has 0 bridgehead atoms. The van der Waals surface area contributed by atoms with Gasteiger partial charge in [-0.1, -0.05) is 13.0 Å². The maximum Gasteiger partial charge on any atom is 0.251 e. The summed E-state index contributed by atoms with van der Waals surface area (Å²) in [5.41, 5.74) is 0.349. The van der Waals surface area contributed by atoms with Crippen molar-refractivity contribution >= 4 is 15.9 Å². The zero-order valence-electron chi connectivity index (χ0n) is 10.8. The number of hydrogen-bond donors (Lipinski definition) is 1. The smallest absolute Gasteiger partial charge is 0.251 e. The Morgan fingerprint density at radius 2 is 2.00 bits per heavy atom. The Morgan fingerprint density at radius 3 is 2.56 bits per heavy atom. The maximum absolute atomic E-state index is 12.1. The lowest BCUT2D eigenvalue weighted by Gasteiger charge is -2.15. The van der Waals surface area contributed by atoms with Gasteiger partial charge in [0.05, 0.1) is 4.90 Å². The normalized spacial score (nSPS) is 11.6. The second-order valence-electron chi connectivity index (χ2n) is 3.81. The third-order valence-corrected chi connectivity index (χ3v) is 4.52. The zero-order valence-corrected chi connectivity index (χ0v) is 11.6. The van der Waals surface area contributed by atoms with E-state index in [1.807, 2.05) is 6.92 Å². The zero-order chi connectivity index (χ0) is 13.8. The monoisotopic (exact) mass is 270 g/mol. The molecule has 0 spiro atoms. The van der Waals surface area contributed by atoms with Crippen molar-refractivity contribution in [1.29, 1.82) is 0 Å². The van der Waals surface area contributed by atoms with Gasteiger partial charge in [0.25, 0.3) is 5.91 Å². The lowest BCUT2D eigenvalue weighted by Crippen LogP contribution is -2.27. The number of nitrogens with one attached hydrogen (secondary N) is 1. The van der Waals surface area contributed by atoms with E-state index in [1.165, 1.54) is 23.5 Å². The number of amides is 1. The predicted octanol–water partition coefficient (Wildman–Crippen LogP) is 1.08. The molecule has 1 N–H and O–H groups in total. The van der Waals surface area contributed by atoms with Crippen LogP contribution in [-0.4, -0.2) is 38.8 Å². The molecule has 1 aromatic rings. The summed E-state index contributed by atoms with van der Waals surface area (Å²) in [5.74, 6) is -0.270. The Labute approximate surface area is 108 Å². The van der Waals surface area contributed by atoms with Gasteiger partial charge in [-0.3, -0.25) is 4.79 Å². The topological polar surface area (TPSA) is 66.5 Å². The highest BCUT2D eigenvalue weighted by Gasteiger charge is 2.20. The summed E-state index contributed by atoms with van der Waals surface area (Å²) < 4.78 is 25.4. The molecule has 6 heteroatoms. The van der Waals surface area contributed by atoms with Crippen molar-refractivity contribution in [2.75, 3.05) is 20.1 Å². The molecule has 100 valence electrons. The molecule has 1 aromatic carbocycles. The van der Waals surface area contributed by atoms with Crippen LogP contribution in [0.4, 0.5) is 0 Å². The molecule has 0 radical (unpaired) electrons. The second-order valence-corrected chi connectivity index (χ2v) is 5.85. The molecule has 5 nitrogen and oxygen atoms in total. The molecule has 1 rings (SSSR count). The fourth-order valence-corrected chi connectivity index (χ4v) is 2.64. The molecule has 0 aliphatic carbocycles. The van der Waals surface area contributed by atoms with Crippen LogP contribution >= 0.6 is 0 Å². The summed E-state index contributed by atoms with van der Waals surface area (Å²) in [6.07, 6.45) is 0. The van der Waals surface area contributed by atoms with E-state index in [0.717, 1.165) is 0 Å². The van der Waals surface area contributed by atoms with E-state index in [-0.39, 0.29) is 10.8 Å². The summed E-state index contributed by atoms with van der Waals surface area (Å²) in [7, 11) is -2.00. The SMILES string of the molecule is CCNC(=O)c1cccc(S(=O)(=O)N(C)CC)c1. The minimum atomic E-state index is -3.51. The lowest BCUT2D eigenvalue weighted by atomic mass is 10.2. The van der Waals surface area contributed by atoms with Crippen molar-refractivity contribution in [3.8, 4) is 0 Å². The highest BCUT2D eigenvalue weighted by atomic mass is 32.2. The summed E-state index contributed by atoms with van der Waals surface area (Å²) in [6, 6.07) is 6.05. The first-order valence-electron chi connectivity index (χ1n) is 5.78. The Kier molecular flexibility index (Phi) is 4.86. The molecule has 1 amide bonds. The van der Waals surface area contributed by atoms with Crippen molar-refractivity contribution in [3.05, 3.63) is 29.8 Å². The number of carbonyl (C=O) groups is 1. The summed E-state index contributed by atoms with van der Waals surface area (Å²) >= 11 is 0. The van der Waals surface area contributed by atoms with E-state index in [4.69, 9.17) is 0 Å². The van der Waals surface area contributed by atoms with Crippen LogP contribution < -0.4 is 5.32 Å². The van der Waals surface area contributed by atoms with Gasteiger partial charge in [-0.25, -0.2) is 12.7 Å². The quantitative estimate of drug-likeness (QED) is 0.870. The van der Waals surface area contributed by atoms with Gasteiger partial charge in [-0.05, 0) is 25.1 Å². The molecule has 18 heavy (non-hydrogen) atoms. The maximum atomic E-state index is 12.1. The second kappa shape index (κ2) is 5.97. The molecular weight excluding hydrogens is 252 g/mol. The highest BCUT2D eigenvalue weighted by molar-refractivity contribution is 7.89. The van der Waals surface area contributed by atoms with Crippen LogP contribution in [0.5, 0.6) is 0 Å². The fourth-order valence-electron chi connectivity index (χ4n) is 1.41. The van der Waals surface area contributed by atoms with Crippen LogP contribution in [0.2, 0.25) is 0 Å². The number of sulfonamides is 1. The average Bonchev–Trinajstić information content (AvgIpc) is 2.38.